The molecule has 2 aromatic heterocycles. The van der Waals surface area contributed by atoms with E-state index in [4.69, 9.17) is 16.6 Å². The molecule has 0 amide bonds. The number of halogens is 1. The molecule has 0 bridgehead atoms. The number of likely N-dealkylation sites (tertiary alicyclic amines) is 1. The van der Waals surface area contributed by atoms with Crippen molar-refractivity contribution in [3.63, 3.8) is 0 Å². The Balaban J connectivity index is 2.10. The molecule has 0 saturated carbocycles. The summed E-state index contributed by atoms with van der Waals surface area (Å²) in [5, 5.41) is 4.51. The quantitative estimate of drug-likeness (QED) is 0.815. The summed E-state index contributed by atoms with van der Waals surface area (Å²) in [6.07, 6.45) is 2.52. The minimum absolute atomic E-state index is 0.0891. The van der Waals surface area contributed by atoms with Crippen LogP contribution in [0.15, 0.2) is 0 Å². The third-order valence-corrected chi connectivity index (χ3v) is 4.74. The predicted molar refractivity (Wildman–Crippen MR) is 85.8 cm³/mol. The summed E-state index contributed by atoms with van der Waals surface area (Å²) >= 11 is 6.38. The SMILES string of the molecule is CCn1nc(C)c2nc(C(C)Cl)n(CC3CCCN3C)c21. The zero-order chi connectivity index (χ0) is 15.1. The van der Waals surface area contributed by atoms with Gasteiger partial charge in [0.1, 0.15) is 11.3 Å². The van der Waals surface area contributed by atoms with Crippen molar-refractivity contribution < 1.29 is 0 Å². The highest BCUT2D eigenvalue weighted by atomic mass is 35.5. The first-order chi connectivity index (χ1) is 10.0. The first-order valence-corrected chi connectivity index (χ1v) is 8.24. The fourth-order valence-electron chi connectivity index (χ4n) is 3.37. The lowest BCUT2D eigenvalue weighted by molar-refractivity contribution is 0.281. The lowest BCUT2D eigenvalue weighted by Gasteiger charge is -2.22. The first-order valence-electron chi connectivity index (χ1n) is 7.80. The Hall–Kier alpha value is -1.07. The molecule has 1 aliphatic heterocycles. The molecule has 3 heterocycles. The van der Waals surface area contributed by atoms with Crippen molar-refractivity contribution in [2.75, 3.05) is 13.6 Å². The molecule has 21 heavy (non-hydrogen) atoms. The molecule has 1 aliphatic rings. The average molecular weight is 310 g/mol. The van der Waals surface area contributed by atoms with Crippen LogP contribution in [0.25, 0.3) is 11.2 Å². The van der Waals surface area contributed by atoms with Gasteiger partial charge >= 0.3 is 0 Å². The molecule has 116 valence electrons. The third kappa shape index (κ3) is 2.46. The molecule has 2 aromatic rings. The molecule has 0 radical (unpaired) electrons. The Labute approximate surface area is 130 Å². The normalized spacial score (nSPS) is 21.5. The molecule has 0 spiro atoms. The second kappa shape index (κ2) is 5.61. The number of likely N-dealkylation sites (N-methyl/N-ethyl adjacent to an activating group) is 1. The number of hydrogen-bond acceptors (Lipinski definition) is 3. The molecule has 0 aromatic carbocycles. The number of imidazole rings is 1. The summed E-state index contributed by atoms with van der Waals surface area (Å²) in [7, 11) is 2.21. The van der Waals surface area contributed by atoms with Crippen LogP contribution in [-0.4, -0.2) is 43.9 Å². The van der Waals surface area contributed by atoms with Crippen molar-refractivity contribution in [3.05, 3.63) is 11.5 Å². The van der Waals surface area contributed by atoms with Crippen LogP contribution in [0.4, 0.5) is 0 Å². The molecular formula is C15H24ClN5. The van der Waals surface area contributed by atoms with Crippen molar-refractivity contribution in [2.45, 2.75) is 58.1 Å². The average Bonchev–Trinajstić information content (AvgIpc) is 3.08. The summed E-state index contributed by atoms with van der Waals surface area (Å²) in [5.41, 5.74) is 3.11. The highest BCUT2D eigenvalue weighted by Crippen LogP contribution is 2.28. The van der Waals surface area contributed by atoms with Gasteiger partial charge in [0, 0.05) is 19.1 Å². The van der Waals surface area contributed by atoms with E-state index in [1.54, 1.807) is 0 Å². The lowest BCUT2D eigenvalue weighted by Crippen LogP contribution is -2.30. The Bertz CT molecular complexity index is 642. The van der Waals surface area contributed by atoms with Gasteiger partial charge in [0.05, 0.1) is 11.1 Å². The Morgan fingerprint density at radius 1 is 1.43 bits per heavy atom. The number of rotatable bonds is 4. The molecule has 2 atom stereocenters. The molecule has 5 nitrogen and oxygen atoms in total. The predicted octanol–water partition coefficient (Wildman–Crippen LogP) is 2.96. The van der Waals surface area contributed by atoms with Crippen LogP contribution in [-0.2, 0) is 13.1 Å². The standard InChI is InChI=1S/C15H24ClN5/c1-5-21-15-13(11(3)18-21)17-14(10(2)16)20(15)9-12-7-6-8-19(12)4/h10,12H,5-9H2,1-4H3. The van der Waals surface area contributed by atoms with E-state index in [1.165, 1.54) is 19.4 Å². The molecule has 1 fully saturated rings. The van der Waals surface area contributed by atoms with Gasteiger partial charge in [0.25, 0.3) is 0 Å². The molecule has 0 aliphatic carbocycles. The summed E-state index contributed by atoms with van der Waals surface area (Å²) in [6.45, 7) is 9.12. The molecule has 3 rings (SSSR count). The van der Waals surface area contributed by atoms with Gasteiger partial charge < -0.3 is 9.47 Å². The Kier molecular flexibility index (Phi) is 3.97. The van der Waals surface area contributed by atoms with E-state index in [-0.39, 0.29) is 5.38 Å². The number of aryl methyl sites for hydroxylation is 2. The van der Waals surface area contributed by atoms with Crippen LogP contribution < -0.4 is 0 Å². The molecular weight excluding hydrogens is 286 g/mol. The molecule has 6 heteroatoms. The summed E-state index contributed by atoms with van der Waals surface area (Å²) in [4.78, 5) is 7.22. The maximum atomic E-state index is 6.38. The van der Waals surface area contributed by atoms with Gasteiger partial charge in [0.15, 0.2) is 5.65 Å². The minimum atomic E-state index is -0.0891. The Morgan fingerprint density at radius 3 is 2.76 bits per heavy atom. The number of aromatic nitrogens is 4. The smallest absolute Gasteiger partial charge is 0.159 e. The summed E-state index contributed by atoms with van der Waals surface area (Å²) in [6, 6.07) is 0.567. The van der Waals surface area contributed by atoms with E-state index in [0.29, 0.717) is 6.04 Å². The number of fused-ring (bicyclic) bond motifs is 1. The van der Waals surface area contributed by atoms with Crippen LogP contribution in [0.2, 0.25) is 0 Å². The largest absolute Gasteiger partial charge is 0.310 e. The topological polar surface area (TPSA) is 38.9 Å². The van der Waals surface area contributed by atoms with E-state index in [0.717, 1.165) is 35.8 Å². The van der Waals surface area contributed by atoms with Crippen LogP contribution in [0, 0.1) is 6.92 Å². The van der Waals surface area contributed by atoms with E-state index >= 15 is 0 Å². The number of hydrogen-bond donors (Lipinski definition) is 0. The van der Waals surface area contributed by atoms with E-state index in [9.17, 15) is 0 Å². The number of alkyl halides is 1. The van der Waals surface area contributed by atoms with Crippen molar-refractivity contribution in [3.8, 4) is 0 Å². The second-order valence-corrected chi connectivity index (χ2v) is 6.70. The van der Waals surface area contributed by atoms with Gasteiger partial charge in [-0.1, -0.05) is 0 Å². The zero-order valence-corrected chi connectivity index (χ0v) is 14.1. The molecule has 2 unspecified atom stereocenters. The van der Waals surface area contributed by atoms with Crippen LogP contribution in [0.5, 0.6) is 0 Å². The number of nitrogens with zero attached hydrogens (tertiary/aromatic N) is 5. The van der Waals surface area contributed by atoms with Gasteiger partial charge in [-0.3, -0.25) is 0 Å². The second-order valence-electron chi connectivity index (χ2n) is 6.05. The van der Waals surface area contributed by atoms with Gasteiger partial charge in [-0.25, -0.2) is 9.67 Å². The fraction of sp³-hybridized carbons (Fsp3) is 0.733. The monoisotopic (exact) mass is 309 g/mol. The van der Waals surface area contributed by atoms with Crippen molar-refractivity contribution >= 4 is 22.8 Å². The van der Waals surface area contributed by atoms with Gasteiger partial charge in [-0.05, 0) is 47.2 Å². The van der Waals surface area contributed by atoms with Crippen molar-refractivity contribution in [2.24, 2.45) is 0 Å². The third-order valence-electron chi connectivity index (χ3n) is 4.55. The summed E-state index contributed by atoms with van der Waals surface area (Å²) in [5.74, 6) is 0.967. The van der Waals surface area contributed by atoms with Crippen LogP contribution in [0.3, 0.4) is 0 Å². The van der Waals surface area contributed by atoms with E-state index < -0.39 is 0 Å². The minimum Gasteiger partial charge on any atom is -0.310 e. The first kappa shape index (κ1) is 14.9. The Morgan fingerprint density at radius 2 is 2.19 bits per heavy atom. The van der Waals surface area contributed by atoms with E-state index in [1.807, 2.05) is 13.8 Å². The summed E-state index contributed by atoms with van der Waals surface area (Å²) < 4.78 is 4.35. The van der Waals surface area contributed by atoms with Gasteiger partial charge in [-0.15, -0.1) is 11.6 Å². The molecule has 1 saturated heterocycles. The highest BCUT2D eigenvalue weighted by Gasteiger charge is 2.26. The zero-order valence-electron chi connectivity index (χ0n) is 13.3. The molecule has 0 N–H and O–H groups in total. The highest BCUT2D eigenvalue weighted by molar-refractivity contribution is 6.20. The lowest BCUT2D eigenvalue weighted by atomic mass is 10.2. The fourth-order valence-corrected chi connectivity index (χ4v) is 3.53. The van der Waals surface area contributed by atoms with Crippen LogP contribution >= 0.6 is 11.6 Å². The van der Waals surface area contributed by atoms with Crippen LogP contribution in [0.1, 0.15) is 43.6 Å². The van der Waals surface area contributed by atoms with Crippen molar-refractivity contribution in [1.82, 2.24) is 24.2 Å². The van der Waals surface area contributed by atoms with E-state index in [2.05, 4.69) is 33.2 Å². The van der Waals surface area contributed by atoms with Gasteiger partial charge in [0.2, 0.25) is 0 Å². The maximum Gasteiger partial charge on any atom is 0.159 e. The van der Waals surface area contributed by atoms with Crippen molar-refractivity contribution in [1.29, 1.82) is 0 Å². The van der Waals surface area contributed by atoms with Gasteiger partial charge in [-0.2, -0.15) is 5.10 Å². The maximum absolute atomic E-state index is 6.38.